The number of alkyl halides is 3. The molecule has 2 aliphatic rings. The molecule has 0 spiro atoms. The van der Waals surface area contributed by atoms with Gasteiger partial charge in [0.15, 0.2) is 0 Å². The fourth-order valence-electron chi connectivity index (χ4n) is 2.88. The van der Waals surface area contributed by atoms with Crippen LogP contribution in [0.2, 0.25) is 0 Å². The average molecular weight is 366 g/mol. The fourth-order valence-corrected chi connectivity index (χ4v) is 2.88. The second-order valence-electron chi connectivity index (χ2n) is 7.58. The zero-order valence-electron chi connectivity index (χ0n) is 15.3. The predicted molar refractivity (Wildman–Crippen MR) is 93.2 cm³/mol. The number of ether oxygens (including phenoxy) is 1. The van der Waals surface area contributed by atoms with Crippen LogP contribution in [-0.4, -0.2) is 24.5 Å². The lowest BCUT2D eigenvalue weighted by Gasteiger charge is -2.32. The van der Waals surface area contributed by atoms with Gasteiger partial charge in [-0.25, -0.2) is 0 Å². The molecular formula is C19H22BF3O3. The highest BCUT2D eigenvalue weighted by Gasteiger charge is 2.54. The monoisotopic (exact) mass is 366 g/mol. The van der Waals surface area contributed by atoms with Gasteiger partial charge in [-0.05, 0) is 51.8 Å². The van der Waals surface area contributed by atoms with Crippen LogP contribution < -0.4 is 0 Å². The summed E-state index contributed by atoms with van der Waals surface area (Å²) in [6.45, 7) is 7.38. The standard InChI is InChI=1S/C19H22BF3O3/c1-17(2)18(3,4)26-20(25-17)16-11-10-14(13-8-6-5-7-9-13)12-15(24-16)19(21,22)23/h5-9,11-12,14H,10H2,1-4H3. The normalized spacial score (nSPS) is 25.2. The van der Waals surface area contributed by atoms with E-state index < -0.39 is 36.2 Å². The lowest BCUT2D eigenvalue weighted by atomic mass is 9.85. The van der Waals surface area contributed by atoms with Crippen LogP contribution in [0.25, 0.3) is 0 Å². The molecule has 26 heavy (non-hydrogen) atoms. The van der Waals surface area contributed by atoms with Crippen molar-refractivity contribution in [2.24, 2.45) is 0 Å². The first-order valence-electron chi connectivity index (χ1n) is 8.57. The van der Waals surface area contributed by atoms with Gasteiger partial charge in [-0.2, -0.15) is 13.2 Å². The number of allylic oxidation sites excluding steroid dienone is 3. The Morgan fingerprint density at radius 2 is 1.58 bits per heavy atom. The minimum atomic E-state index is -4.60. The molecule has 0 saturated carbocycles. The molecule has 0 N–H and O–H groups in total. The molecule has 0 aromatic heterocycles. The zero-order valence-corrected chi connectivity index (χ0v) is 15.3. The molecule has 0 amide bonds. The van der Waals surface area contributed by atoms with Crippen molar-refractivity contribution >= 4 is 7.12 Å². The summed E-state index contributed by atoms with van der Waals surface area (Å²) in [5.74, 6) is -1.47. The molecule has 3 rings (SSSR count). The highest BCUT2D eigenvalue weighted by Crippen LogP contribution is 2.42. The van der Waals surface area contributed by atoms with Gasteiger partial charge in [0.2, 0.25) is 5.76 Å². The van der Waals surface area contributed by atoms with Crippen molar-refractivity contribution in [3.05, 3.63) is 59.5 Å². The first-order valence-corrected chi connectivity index (χ1v) is 8.57. The van der Waals surface area contributed by atoms with E-state index in [9.17, 15) is 13.2 Å². The molecule has 1 atom stereocenters. The number of rotatable bonds is 2. The van der Waals surface area contributed by atoms with Crippen LogP contribution in [0, 0.1) is 0 Å². The van der Waals surface area contributed by atoms with Gasteiger partial charge >= 0.3 is 13.3 Å². The molecule has 1 aromatic rings. The van der Waals surface area contributed by atoms with Crippen LogP contribution in [0.1, 0.15) is 45.6 Å². The van der Waals surface area contributed by atoms with Crippen LogP contribution in [0.3, 0.4) is 0 Å². The zero-order chi connectivity index (χ0) is 19.2. The van der Waals surface area contributed by atoms with Crippen molar-refractivity contribution in [3.8, 4) is 0 Å². The van der Waals surface area contributed by atoms with Gasteiger partial charge in [-0.15, -0.1) is 0 Å². The van der Waals surface area contributed by atoms with E-state index in [2.05, 4.69) is 0 Å². The van der Waals surface area contributed by atoms with Crippen molar-refractivity contribution in [3.63, 3.8) is 0 Å². The van der Waals surface area contributed by atoms with E-state index in [0.29, 0.717) is 6.42 Å². The molecule has 1 unspecified atom stereocenters. The Morgan fingerprint density at radius 1 is 1.00 bits per heavy atom. The van der Waals surface area contributed by atoms with E-state index in [1.54, 1.807) is 18.2 Å². The molecule has 0 bridgehead atoms. The molecule has 1 fully saturated rings. The summed E-state index contributed by atoms with van der Waals surface area (Å²) >= 11 is 0. The lowest BCUT2D eigenvalue weighted by Crippen LogP contribution is -2.41. The number of hydrogen-bond acceptors (Lipinski definition) is 3. The molecule has 2 heterocycles. The maximum absolute atomic E-state index is 13.5. The molecule has 2 aliphatic heterocycles. The van der Waals surface area contributed by atoms with E-state index in [1.807, 2.05) is 45.9 Å². The summed E-state index contributed by atoms with van der Waals surface area (Å²) in [5, 5.41) is 0. The van der Waals surface area contributed by atoms with E-state index in [0.717, 1.165) is 11.6 Å². The van der Waals surface area contributed by atoms with Gasteiger partial charge in [0.25, 0.3) is 0 Å². The Balaban J connectivity index is 1.93. The molecule has 140 valence electrons. The van der Waals surface area contributed by atoms with E-state index >= 15 is 0 Å². The Morgan fingerprint density at radius 3 is 2.12 bits per heavy atom. The maximum Gasteiger partial charge on any atom is 0.532 e. The predicted octanol–water partition coefficient (Wildman–Crippen LogP) is 5.15. The summed E-state index contributed by atoms with van der Waals surface area (Å²) in [6.07, 6.45) is -1.47. The van der Waals surface area contributed by atoms with Gasteiger partial charge in [0, 0.05) is 5.92 Å². The Bertz CT molecular complexity index is 707. The smallest absolute Gasteiger partial charge is 0.461 e. The van der Waals surface area contributed by atoms with Crippen molar-refractivity contribution in [1.29, 1.82) is 0 Å². The molecule has 7 heteroatoms. The third-order valence-corrected chi connectivity index (χ3v) is 5.15. The second kappa shape index (κ2) is 6.46. The van der Waals surface area contributed by atoms with Crippen LogP contribution in [0.15, 0.2) is 53.9 Å². The molecular weight excluding hydrogens is 344 g/mol. The number of benzene rings is 1. The largest absolute Gasteiger partial charge is 0.532 e. The van der Waals surface area contributed by atoms with Crippen molar-refractivity contribution in [2.45, 2.75) is 57.4 Å². The summed E-state index contributed by atoms with van der Waals surface area (Å²) in [5.41, 5.74) is -0.473. The molecule has 1 aromatic carbocycles. The number of hydrogen-bond donors (Lipinski definition) is 0. The van der Waals surface area contributed by atoms with Gasteiger partial charge in [-0.3, -0.25) is 0 Å². The SMILES string of the molecule is CC1(C)OB(C2=CCC(c3ccccc3)C=C(C(F)(F)F)O2)OC1(C)C. The van der Waals surface area contributed by atoms with Crippen LogP contribution in [-0.2, 0) is 14.0 Å². The average Bonchev–Trinajstić information content (AvgIpc) is 2.70. The van der Waals surface area contributed by atoms with Gasteiger partial charge in [-0.1, -0.05) is 30.3 Å². The Labute approximate surface area is 152 Å². The summed E-state index contributed by atoms with van der Waals surface area (Å²) in [6, 6.07) is 9.06. The summed E-state index contributed by atoms with van der Waals surface area (Å²) in [4.78, 5) is 0. The second-order valence-corrected chi connectivity index (χ2v) is 7.58. The van der Waals surface area contributed by atoms with Crippen LogP contribution in [0.4, 0.5) is 13.2 Å². The summed E-state index contributed by atoms with van der Waals surface area (Å²) < 4.78 is 57.4. The topological polar surface area (TPSA) is 27.7 Å². The summed E-state index contributed by atoms with van der Waals surface area (Å²) in [7, 11) is -0.972. The Hall–Kier alpha value is -1.73. The quantitative estimate of drug-likeness (QED) is 0.678. The Kier molecular flexibility index (Phi) is 4.73. The van der Waals surface area contributed by atoms with Crippen molar-refractivity contribution < 1.29 is 27.2 Å². The number of halogens is 3. The minimum absolute atomic E-state index is 0.0469. The minimum Gasteiger partial charge on any atom is -0.461 e. The van der Waals surface area contributed by atoms with Gasteiger partial charge < -0.3 is 14.0 Å². The maximum atomic E-state index is 13.5. The van der Waals surface area contributed by atoms with E-state index in [4.69, 9.17) is 14.0 Å². The molecule has 3 nitrogen and oxygen atoms in total. The molecule has 0 aliphatic carbocycles. The van der Waals surface area contributed by atoms with Gasteiger partial charge in [0.1, 0.15) is 5.66 Å². The third kappa shape index (κ3) is 3.69. The lowest BCUT2D eigenvalue weighted by molar-refractivity contribution is -0.123. The fraction of sp³-hybridized carbons (Fsp3) is 0.474. The molecule has 1 saturated heterocycles. The van der Waals surface area contributed by atoms with Crippen molar-refractivity contribution in [1.82, 2.24) is 0 Å². The first kappa shape index (κ1) is 19.0. The molecule has 0 radical (unpaired) electrons. The third-order valence-electron chi connectivity index (χ3n) is 5.15. The van der Waals surface area contributed by atoms with E-state index in [-0.39, 0.29) is 5.66 Å². The van der Waals surface area contributed by atoms with E-state index in [1.165, 1.54) is 0 Å². The highest BCUT2D eigenvalue weighted by molar-refractivity contribution is 6.53. The van der Waals surface area contributed by atoms with Gasteiger partial charge in [0.05, 0.1) is 11.2 Å². The van der Waals surface area contributed by atoms with Crippen LogP contribution >= 0.6 is 0 Å². The highest BCUT2D eigenvalue weighted by atomic mass is 19.4. The first-order chi connectivity index (χ1) is 12.0. The van der Waals surface area contributed by atoms with Crippen molar-refractivity contribution in [2.75, 3.05) is 0 Å². The van der Waals surface area contributed by atoms with Crippen LogP contribution in [0.5, 0.6) is 0 Å².